The predicted octanol–water partition coefficient (Wildman–Crippen LogP) is 4.48. The minimum atomic E-state index is -0.376. The molecule has 0 spiro atoms. The number of hydrogen-bond donors (Lipinski definition) is 0. The Balaban J connectivity index is 2.12. The molecular weight excluding hydrogens is 311 g/mol. The summed E-state index contributed by atoms with van der Waals surface area (Å²) < 4.78 is 25.5. The molecule has 0 saturated carbocycles. The molecule has 100 valence electrons. The average Bonchev–Trinajstić information content (AvgIpc) is 2.41. The highest BCUT2D eigenvalue weighted by Crippen LogP contribution is 2.24. The molecule has 2 rings (SSSR count). The smallest absolute Gasteiger partial charge is 0.171 e. The van der Waals surface area contributed by atoms with Gasteiger partial charge in [0.05, 0.1) is 7.11 Å². The van der Waals surface area contributed by atoms with Crippen LogP contribution in [0.3, 0.4) is 0 Å². The Bertz CT molecular complexity index is 584. The molecule has 0 radical (unpaired) electrons. The molecule has 2 aromatic rings. The minimum absolute atomic E-state index is 0.171. The molecule has 19 heavy (non-hydrogen) atoms. The fraction of sp³-hybridized carbons (Fsp3) is 0.200. The van der Waals surface area contributed by atoms with Gasteiger partial charge in [0.25, 0.3) is 0 Å². The van der Waals surface area contributed by atoms with E-state index in [1.54, 1.807) is 18.2 Å². The van der Waals surface area contributed by atoms with Gasteiger partial charge in [-0.05, 0) is 36.8 Å². The highest BCUT2D eigenvalue weighted by atomic mass is 79.9. The van der Waals surface area contributed by atoms with Crippen molar-refractivity contribution in [2.24, 2.45) is 0 Å². The summed E-state index contributed by atoms with van der Waals surface area (Å²) in [5, 5.41) is 0. The third kappa shape index (κ3) is 3.26. The number of methoxy groups -OCH3 is 1. The van der Waals surface area contributed by atoms with Gasteiger partial charge in [0, 0.05) is 10.0 Å². The third-order valence-corrected chi connectivity index (χ3v) is 3.68. The maximum Gasteiger partial charge on any atom is 0.171 e. The summed E-state index contributed by atoms with van der Waals surface area (Å²) in [7, 11) is 1.45. The van der Waals surface area contributed by atoms with Crippen LogP contribution < -0.4 is 9.47 Å². The summed E-state index contributed by atoms with van der Waals surface area (Å²) in [6.07, 6.45) is 0. The van der Waals surface area contributed by atoms with Crippen molar-refractivity contribution in [2.45, 2.75) is 13.5 Å². The molecule has 4 heteroatoms. The SMILES string of the molecule is COc1cccc(COc2ccc(Br)c(C)c2)c1F. The van der Waals surface area contributed by atoms with Crippen molar-refractivity contribution >= 4 is 15.9 Å². The zero-order valence-corrected chi connectivity index (χ0v) is 12.3. The molecule has 0 N–H and O–H groups in total. The van der Waals surface area contributed by atoms with Crippen molar-refractivity contribution in [1.82, 2.24) is 0 Å². The number of hydrogen-bond acceptors (Lipinski definition) is 2. The molecule has 0 aliphatic heterocycles. The van der Waals surface area contributed by atoms with Crippen molar-refractivity contribution in [3.63, 3.8) is 0 Å². The fourth-order valence-corrected chi connectivity index (χ4v) is 1.94. The molecule has 0 fully saturated rings. The summed E-state index contributed by atoms with van der Waals surface area (Å²) in [5.41, 5.74) is 1.54. The van der Waals surface area contributed by atoms with Crippen LogP contribution in [0.25, 0.3) is 0 Å². The molecule has 0 unspecified atom stereocenters. The average molecular weight is 325 g/mol. The van der Waals surface area contributed by atoms with E-state index in [9.17, 15) is 4.39 Å². The van der Waals surface area contributed by atoms with Crippen LogP contribution in [0.2, 0.25) is 0 Å². The number of halogens is 2. The van der Waals surface area contributed by atoms with Crippen LogP contribution in [-0.2, 0) is 6.61 Å². The predicted molar refractivity (Wildman–Crippen MR) is 76.2 cm³/mol. The Kier molecular flexibility index (Phi) is 4.43. The summed E-state index contributed by atoms with van der Waals surface area (Å²) >= 11 is 3.42. The van der Waals surface area contributed by atoms with E-state index in [-0.39, 0.29) is 18.2 Å². The molecule has 0 aliphatic rings. The molecule has 0 atom stereocenters. The van der Waals surface area contributed by atoms with Crippen LogP contribution in [0.1, 0.15) is 11.1 Å². The first kappa shape index (κ1) is 13.9. The van der Waals surface area contributed by atoms with Gasteiger partial charge in [-0.25, -0.2) is 4.39 Å². The van der Waals surface area contributed by atoms with Crippen LogP contribution in [0.4, 0.5) is 4.39 Å². The number of aryl methyl sites for hydroxylation is 1. The monoisotopic (exact) mass is 324 g/mol. The Morgan fingerprint density at radius 2 is 2.00 bits per heavy atom. The van der Waals surface area contributed by atoms with Crippen LogP contribution in [0, 0.1) is 12.7 Å². The summed E-state index contributed by atoms with van der Waals surface area (Å²) in [5.74, 6) is 0.565. The molecular formula is C15H14BrFO2. The van der Waals surface area contributed by atoms with Gasteiger partial charge in [-0.15, -0.1) is 0 Å². The summed E-state index contributed by atoms with van der Waals surface area (Å²) in [4.78, 5) is 0. The van der Waals surface area contributed by atoms with Crippen LogP contribution in [-0.4, -0.2) is 7.11 Å². The van der Waals surface area contributed by atoms with Crippen molar-refractivity contribution in [2.75, 3.05) is 7.11 Å². The molecule has 2 aromatic carbocycles. The minimum Gasteiger partial charge on any atom is -0.494 e. The number of ether oxygens (including phenoxy) is 2. The van der Waals surface area contributed by atoms with Gasteiger partial charge >= 0.3 is 0 Å². The highest BCUT2D eigenvalue weighted by Gasteiger charge is 2.09. The first-order valence-corrected chi connectivity index (χ1v) is 6.61. The number of rotatable bonds is 4. The molecule has 0 aromatic heterocycles. The first-order valence-electron chi connectivity index (χ1n) is 5.82. The lowest BCUT2D eigenvalue weighted by molar-refractivity contribution is 0.295. The van der Waals surface area contributed by atoms with Crippen LogP contribution in [0.15, 0.2) is 40.9 Å². The van der Waals surface area contributed by atoms with Gasteiger partial charge in [0.2, 0.25) is 0 Å². The van der Waals surface area contributed by atoms with Crippen molar-refractivity contribution < 1.29 is 13.9 Å². The molecule has 0 amide bonds. The second-order valence-electron chi connectivity index (χ2n) is 4.13. The molecule has 0 bridgehead atoms. The van der Waals surface area contributed by atoms with Crippen LogP contribution in [0.5, 0.6) is 11.5 Å². The molecule has 0 heterocycles. The Hall–Kier alpha value is -1.55. The lowest BCUT2D eigenvalue weighted by Crippen LogP contribution is -2.00. The van der Waals surface area contributed by atoms with E-state index in [2.05, 4.69) is 15.9 Å². The van der Waals surface area contributed by atoms with E-state index in [1.807, 2.05) is 25.1 Å². The van der Waals surface area contributed by atoms with Crippen molar-refractivity contribution in [3.05, 3.63) is 57.8 Å². The van der Waals surface area contributed by atoms with Gasteiger partial charge in [0.15, 0.2) is 11.6 Å². The van der Waals surface area contributed by atoms with E-state index >= 15 is 0 Å². The van der Waals surface area contributed by atoms with Gasteiger partial charge in [-0.2, -0.15) is 0 Å². The maximum atomic E-state index is 13.9. The maximum absolute atomic E-state index is 13.9. The Labute approximate surface area is 120 Å². The zero-order valence-electron chi connectivity index (χ0n) is 10.7. The molecule has 2 nitrogen and oxygen atoms in total. The second kappa shape index (κ2) is 6.06. The van der Waals surface area contributed by atoms with E-state index in [0.717, 1.165) is 10.0 Å². The summed E-state index contributed by atoms with van der Waals surface area (Å²) in [6, 6.07) is 10.7. The standard InChI is InChI=1S/C15H14BrFO2/c1-10-8-12(6-7-13(10)16)19-9-11-4-3-5-14(18-2)15(11)17/h3-8H,9H2,1-2H3. The normalized spacial score (nSPS) is 10.3. The third-order valence-electron chi connectivity index (χ3n) is 2.79. The largest absolute Gasteiger partial charge is 0.494 e. The van der Waals surface area contributed by atoms with E-state index in [0.29, 0.717) is 11.3 Å². The highest BCUT2D eigenvalue weighted by molar-refractivity contribution is 9.10. The van der Waals surface area contributed by atoms with Gasteiger partial charge in [-0.3, -0.25) is 0 Å². The summed E-state index contributed by atoms with van der Waals surface area (Å²) in [6.45, 7) is 2.15. The zero-order chi connectivity index (χ0) is 13.8. The Morgan fingerprint density at radius 3 is 2.68 bits per heavy atom. The van der Waals surface area contributed by atoms with Crippen molar-refractivity contribution in [3.8, 4) is 11.5 Å². The fourth-order valence-electron chi connectivity index (χ4n) is 1.69. The first-order chi connectivity index (χ1) is 9.11. The number of benzene rings is 2. The quantitative estimate of drug-likeness (QED) is 0.825. The van der Waals surface area contributed by atoms with Crippen LogP contribution >= 0.6 is 15.9 Å². The van der Waals surface area contributed by atoms with E-state index in [1.165, 1.54) is 7.11 Å². The lowest BCUT2D eigenvalue weighted by Gasteiger charge is -2.10. The second-order valence-corrected chi connectivity index (χ2v) is 4.99. The van der Waals surface area contributed by atoms with Crippen molar-refractivity contribution in [1.29, 1.82) is 0 Å². The van der Waals surface area contributed by atoms with Gasteiger partial charge < -0.3 is 9.47 Å². The van der Waals surface area contributed by atoms with E-state index in [4.69, 9.17) is 9.47 Å². The Morgan fingerprint density at radius 1 is 1.21 bits per heavy atom. The molecule has 0 saturated heterocycles. The topological polar surface area (TPSA) is 18.5 Å². The van der Waals surface area contributed by atoms with E-state index < -0.39 is 0 Å². The van der Waals surface area contributed by atoms with Gasteiger partial charge in [-0.1, -0.05) is 28.1 Å². The van der Waals surface area contributed by atoms with Gasteiger partial charge in [0.1, 0.15) is 12.4 Å². The molecule has 0 aliphatic carbocycles. The lowest BCUT2D eigenvalue weighted by atomic mass is 10.2.